The van der Waals surface area contributed by atoms with E-state index in [4.69, 9.17) is 4.74 Å². The molecule has 3 heterocycles. The van der Waals surface area contributed by atoms with Crippen molar-refractivity contribution in [2.45, 2.75) is 45.7 Å². The molecule has 0 aliphatic carbocycles. The van der Waals surface area contributed by atoms with Gasteiger partial charge < -0.3 is 14.5 Å². The Labute approximate surface area is 163 Å². The molecule has 3 fully saturated rings. The van der Waals surface area contributed by atoms with Crippen LogP contribution in [-0.2, 0) is 16.1 Å². The van der Waals surface area contributed by atoms with Crippen molar-refractivity contribution in [2.75, 3.05) is 50.8 Å². The molecule has 3 aliphatic rings. The summed E-state index contributed by atoms with van der Waals surface area (Å²) in [6, 6.07) is 9.22. The summed E-state index contributed by atoms with van der Waals surface area (Å²) in [6.07, 6.45) is 3.21. The lowest BCUT2D eigenvalue weighted by molar-refractivity contribution is -0.147. The Kier molecular flexibility index (Phi) is 5.42. The number of ether oxygens (including phenoxy) is 1. The quantitative estimate of drug-likeness (QED) is 0.815. The Balaban J connectivity index is 1.42. The Bertz CT molecular complexity index is 671. The number of likely N-dealkylation sites (tertiary alicyclic amines) is 2. The molecule has 0 bridgehead atoms. The molecule has 0 N–H and O–H groups in total. The van der Waals surface area contributed by atoms with Crippen LogP contribution in [0.3, 0.4) is 0 Å². The van der Waals surface area contributed by atoms with Gasteiger partial charge in [-0.2, -0.15) is 0 Å². The summed E-state index contributed by atoms with van der Waals surface area (Å²) in [4.78, 5) is 20.1. The maximum absolute atomic E-state index is 13.1. The lowest BCUT2D eigenvalue weighted by Gasteiger charge is -2.41. The first-order valence-corrected chi connectivity index (χ1v) is 10.5. The Morgan fingerprint density at radius 2 is 1.93 bits per heavy atom. The van der Waals surface area contributed by atoms with Crippen LogP contribution in [0.5, 0.6) is 0 Å². The first-order valence-electron chi connectivity index (χ1n) is 10.5. The number of hydrogen-bond donors (Lipinski definition) is 0. The van der Waals surface area contributed by atoms with Gasteiger partial charge in [-0.1, -0.05) is 12.1 Å². The van der Waals surface area contributed by atoms with Gasteiger partial charge in [0, 0.05) is 44.5 Å². The number of morpholine rings is 1. The molecule has 27 heavy (non-hydrogen) atoms. The van der Waals surface area contributed by atoms with Crippen LogP contribution in [0, 0.1) is 5.41 Å². The van der Waals surface area contributed by atoms with Gasteiger partial charge in [0.2, 0.25) is 5.91 Å². The number of hydrogen-bond acceptors (Lipinski definition) is 4. The summed E-state index contributed by atoms with van der Waals surface area (Å²) in [5, 5.41) is 0. The third-order valence-corrected chi connectivity index (χ3v) is 6.52. The van der Waals surface area contributed by atoms with Crippen LogP contribution in [-0.4, -0.2) is 67.7 Å². The molecule has 148 valence electrons. The van der Waals surface area contributed by atoms with Crippen molar-refractivity contribution in [2.24, 2.45) is 5.41 Å². The van der Waals surface area contributed by atoms with Crippen LogP contribution in [0.2, 0.25) is 0 Å². The summed E-state index contributed by atoms with van der Waals surface area (Å²) < 4.78 is 5.47. The van der Waals surface area contributed by atoms with Crippen LogP contribution in [0.25, 0.3) is 0 Å². The summed E-state index contributed by atoms with van der Waals surface area (Å²) >= 11 is 0. The summed E-state index contributed by atoms with van der Waals surface area (Å²) in [7, 11) is 0. The predicted octanol–water partition coefficient (Wildman–Crippen LogP) is 2.75. The van der Waals surface area contributed by atoms with Crippen molar-refractivity contribution in [3.05, 3.63) is 29.8 Å². The average Bonchev–Trinajstić information content (AvgIpc) is 3.08. The van der Waals surface area contributed by atoms with Crippen LogP contribution in [0.15, 0.2) is 24.3 Å². The topological polar surface area (TPSA) is 36.0 Å². The van der Waals surface area contributed by atoms with E-state index >= 15 is 0 Å². The zero-order chi connectivity index (χ0) is 18.9. The van der Waals surface area contributed by atoms with Gasteiger partial charge in [-0.05, 0) is 57.4 Å². The second-order valence-corrected chi connectivity index (χ2v) is 8.71. The van der Waals surface area contributed by atoms with Crippen molar-refractivity contribution in [1.29, 1.82) is 0 Å². The van der Waals surface area contributed by atoms with Crippen LogP contribution in [0.4, 0.5) is 5.69 Å². The SMILES string of the molecule is CC(C)N1CCCC2(CCN(Cc3cccc(N4CCOCC4)c3)C2)C1=O. The summed E-state index contributed by atoms with van der Waals surface area (Å²) in [5.41, 5.74) is 2.51. The smallest absolute Gasteiger partial charge is 0.230 e. The highest BCUT2D eigenvalue weighted by Crippen LogP contribution is 2.41. The third-order valence-electron chi connectivity index (χ3n) is 6.52. The molecule has 1 aromatic rings. The minimum absolute atomic E-state index is 0.135. The molecule has 1 amide bonds. The molecule has 0 saturated carbocycles. The van der Waals surface area contributed by atoms with Gasteiger partial charge in [-0.3, -0.25) is 9.69 Å². The number of carbonyl (C=O) groups excluding carboxylic acids is 1. The van der Waals surface area contributed by atoms with Crippen molar-refractivity contribution in [1.82, 2.24) is 9.80 Å². The first-order chi connectivity index (χ1) is 13.1. The van der Waals surface area contributed by atoms with E-state index in [-0.39, 0.29) is 5.41 Å². The van der Waals surface area contributed by atoms with Gasteiger partial charge in [0.25, 0.3) is 0 Å². The third kappa shape index (κ3) is 3.85. The van der Waals surface area contributed by atoms with Crippen molar-refractivity contribution < 1.29 is 9.53 Å². The Morgan fingerprint density at radius 3 is 2.70 bits per heavy atom. The largest absolute Gasteiger partial charge is 0.378 e. The lowest BCUT2D eigenvalue weighted by atomic mass is 9.78. The summed E-state index contributed by atoms with van der Waals surface area (Å²) in [6.45, 7) is 11.7. The monoisotopic (exact) mass is 371 g/mol. The molecule has 4 rings (SSSR count). The highest BCUT2D eigenvalue weighted by atomic mass is 16.5. The van der Waals surface area contributed by atoms with Crippen LogP contribution < -0.4 is 4.90 Å². The number of rotatable bonds is 4. The van der Waals surface area contributed by atoms with E-state index < -0.39 is 0 Å². The Morgan fingerprint density at radius 1 is 1.11 bits per heavy atom. The van der Waals surface area contributed by atoms with Crippen LogP contribution >= 0.6 is 0 Å². The highest BCUT2D eigenvalue weighted by Gasteiger charge is 2.48. The van der Waals surface area contributed by atoms with E-state index in [9.17, 15) is 4.79 Å². The molecular formula is C22H33N3O2. The van der Waals surface area contributed by atoms with Gasteiger partial charge in [0.05, 0.1) is 18.6 Å². The summed E-state index contributed by atoms with van der Waals surface area (Å²) in [5.74, 6) is 0.397. The van der Waals surface area contributed by atoms with Gasteiger partial charge in [0.15, 0.2) is 0 Å². The molecule has 5 heteroatoms. The fourth-order valence-electron chi connectivity index (χ4n) is 5.00. The molecule has 1 atom stereocenters. The van der Waals surface area contributed by atoms with Crippen LogP contribution in [0.1, 0.15) is 38.7 Å². The lowest BCUT2D eigenvalue weighted by Crippen LogP contribution is -2.52. The minimum atomic E-state index is -0.135. The maximum atomic E-state index is 13.1. The average molecular weight is 372 g/mol. The van der Waals surface area contributed by atoms with E-state index in [0.717, 1.165) is 71.7 Å². The molecule has 1 aromatic carbocycles. The highest BCUT2D eigenvalue weighted by molar-refractivity contribution is 5.84. The number of anilines is 1. The number of benzene rings is 1. The minimum Gasteiger partial charge on any atom is -0.378 e. The number of carbonyl (C=O) groups is 1. The van der Waals surface area contributed by atoms with Gasteiger partial charge in [-0.15, -0.1) is 0 Å². The van der Waals surface area contributed by atoms with E-state index in [1.165, 1.54) is 11.3 Å². The molecular weight excluding hydrogens is 338 g/mol. The fourth-order valence-corrected chi connectivity index (χ4v) is 5.00. The second kappa shape index (κ2) is 7.80. The molecule has 0 radical (unpaired) electrons. The molecule has 3 aliphatic heterocycles. The first kappa shape index (κ1) is 18.8. The van der Waals surface area contributed by atoms with E-state index in [1.54, 1.807) is 0 Å². The maximum Gasteiger partial charge on any atom is 0.230 e. The number of nitrogens with zero attached hydrogens (tertiary/aromatic N) is 3. The van der Waals surface area contributed by atoms with E-state index in [1.807, 2.05) is 0 Å². The molecule has 0 aromatic heterocycles. The molecule has 5 nitrogen and oxygen atoms in total. The zero-order valence-electron chi connectivity index (χ0n) is 16.8. The predicted molar refractivity (Wildman–Crippen MR) is 108 cm³/mol. The van der Waals surface area contributed by atoms with Crippen molar-refractivity contribution in [3.63, 3.8) is 0 Å². The molecule has 1 unspecified atom stereocenters. The van der Waals surface area contributed by atoms with E-state index in [2.05, 4.69) is 52.8 Å². The van der Waals surface area contributed by atoms with Crippen molar-refractivity contribution in [3.8, 4) is 0 Å². The van der Waals surface area contributed by atoms with Gasteiger partial charge in [0.1, 0.15) is 0 Å². The van der Waals surface area contributed by atoms with Crippen molar-refractivity contribution >= 4 is 11.6 Å². The standard InChI is InChI=1S/C22H33N3O2/c1-18(2)25-9-4-7-22(21(25)26)8-10-23(17-22)16-19-5-3-6-20(15-19)24-11-13-27-14-12-24/h3,5-6,15,18H,4,7-14,16-17H2,1-2H3. The molecule has 1 spiro atoms. The number of piperidine rings is 1. The number of amides is 1. The second-order valence-electron chi connectivity index (χ2n) is 8.71. The van der Waals surface area contributed by atoms with Gasteiger partial charge >= 0.3 is 0 Å². The molecule has 3 saturated heterocycles. The zero-order valence-corrected chi connectivity index (χ0v) is 16.8. The normalized spacial score (nSPS) is 27.1. The van der Waals surface area contributed by atoms with E-state index in [0.29, 0.717) is 11.9 Å². The Hall–Kier alpha value is -1.59. The fraction of sp³-hybridized carbons (Fsp3) is 0.682. The van der Waals surface area contributed by atoms with Gasteiger partial charge in [-0.25, -0.2) is 0 Å².